The first-order chi connectivity index (χ1) is 12.5. The topological polar surface area (TPSA) is 85.8 Å². The number of carbonyl (C=O) groups excluding carboxylic acids is 1. The minimum absolute atomic E-state index is 0. The molecule has 1 aliphatic rings. The average molecular weight is 430 g/mol. The molecule has 2 aromatic rings. The molecular weight excluding hydrogens is 405 g/mol. The van der Waals surface area contributed by atoms with Crippen LogP contribution in [0.5, 0.6) is 0 Å². The Morgan fingerprint density at radius 3 is 2.70 bits per heavy atom. The van der Waals surface area contributed by atoms with Gasteiger partial charge in [-0.3, -0.25) is 4.79 Å². The summed E-state index contributed by atoms with van der Waals surface area (Å²) in [6, 6.07) is 5.52. The van der Waals surface area contributed by atoms with Gasteiger partial charge in [-0.15, -0.1) is 22.6 Å². The number of rotatable bonds is 6. The molecule has 0 atom stereocenters. The van der Waals surface area contributed by atoms with Gasteiger partial charge in [-0.2, -0.15) is 0 Å². The fraction of sp³-hybridized carbons (Fsp3) is 0.500. The molecule has 3 rings (SSSR count). The summed E-state index contributed by atoms with van der Waals surface area (Å²) in [6.45, 7) is 0.564. The molecule has 6 nitrogen and oxygen atoms in total. The van der Waals surface area contributed by atoms with Crippen LogP contribution in [0, 0.1) is 5.41 Å². The van der Waals surface area contributed by atoms with E-state index >= 15 is 0 Å². The van der Waals surface area contributed by atoms with Crippen LogP contribution in [0.4, 0.5) is 5.69 Å². The summed E-state index contributed by atoms with van der Waals surface area (Å²) >= 11 is 7.81. The molecule has 148 valence electrons. The van der Waals surface area contributed by atoms with Gasteiger partial charge in [0.1, 0.15) is 6.33 Å². The van der Waals surface area contributed by atoms with Gasteiger partial charge in [-0.1, -0.05) is 30.9 Å². The molecule has 0 aliphatic heterocycles. The number of amides is 1. The second-order valence-corrected chi connectivity index (χ2v) is 8.38. The first-order valence-corrected chi connectivity index (χ1v) is 10.0. The zero-order chi connectivity index (χ0) is 18.6. The van der Waals surface area contributed by atoms with E-state index in [1.54, 1.807) is 12.4 Å². The minimum atomic E-state index is -0.0485. The number of nitrogens with one attached hydrogen (secondary N) is 1. The standard InChI is InChI=1S/C18H24ClN5OS.ClH/c1-24-12-21-23-17(24)26-15-6-5-13(9-14(15)19)22-16(25)10-18(11-20)7-3-2-4-8-18;/h5-6,9,12H,2-4,7-8,10-11,20H2,1H3,(H,22,25);1H. The van der Waals surface area contributed by atoms with Crippen LogP contribution in [0.25, 0.3) is 0 Å². The highest BCUT2D eigenvalue weighted by atomic mass is 35.5. The van der Waals surface area contributed by atoms with Gasteiger partial charge in [0, 0.05) is 24.1 Å². The number of hydrogen-bond donors (Lipinski definition) is 2. The van der Waals surface area contributed by atoms with E-state index in [-0.39, 0.29) is 23.7 Å². The van der Waals surface area contributed by atoms with Crippen molar-refractivity contribution in [1.29, 1.82) is 0 Å². The molecule has 0 saturated heterocycles. The molecule has 1 amide bonds. The molecule has 0 unspecified atom stereocenters. The van der Waals surface area contributed by atoms with Gasteiger partial charge < -0.3 is 15.6 Å². The van der Waals surface area contributed by atoms with Crippen molar-refractivity contribution < 1.29 is 4.79 Å². The van der Waals surface area contributed by atoms with Crippen molar-refractivity contribution in [3.8, 4) is 0 Å². The molecule has 0 radical (unpaired) electrons. The van der Waals surface area contributed by atoms with Crippen molar-refractivity contribution in [3.05, 3.63) is 29.5 Å². The minimum Gasteiger partial charge on any atom is -0.330 e. The van der Waals surface area contributed by atoms with Crippen LogP contribution in [0.2, 0.25) is 5.02 Å². The zero-order valence-electron chi connectivity index (χ0n) is 15.3. The molecule has 1 aromatic heterocycles. The Balaban J connectivity index is 0.00000261. The van der Waals surface area contributed by atoms with E-state index in [4.69, 9.17) is 17.3 Å². The predicted octanol–water partition coefficient (Wildman–Crippen LogP) is 4.28. The van der Waals surface area contributed by atoms with E-state index in [9.17, 15) is 4.79 Å². The lowest BCUT2D eigenvalue weighted by molar-refractivity contribution is -0.118. The summed E-state index contributed by atoms with van der Waals surface area (Å²) in [6.07, 6.45) is 7.73. The SMILES string of the molecule is Cl.Cn1cnnc1Sc1ccc(NC(=O)CC2(CN)CCCCC2)cc1Cl. The third-order valence-corrected chi connectivity index (χ3v) is 6.52. The molecule has 3 N–H and O–H groups in total. The highest BCUT2D eigenvalue weighted by Crippen LogP contribution is 2.39. The molecule has 9 heteroatoms. The van der Waals surface area contributed by atoms with Gasteiger partial charge in [0.05, 0.1) is 5.02 Å². The van der Waals surface area contributed by atoms with Crippen molar-refractivity contribution in [3.63, 3.8) is 0 Å². The summed E-state index contributed by atoms with van der Waals surface area (Å²) in [5, 5.41) is 12.2. The van der Waals surface area contributed by atoms with E-state index in [1.165, 1.54) is 18.2 Å². The Labute approximate surface area is 175 Å². The maximum absolute atomic E-state index is 12.5. The van der Waals surface area contributed by atoms with Crippen molar-refractivity contribution in [2.24, 2.45) is 18.2 Å². The summed E-state index contributed by atoms with van der Waals surface area (Å²) < 4.78 is 1.83. The van der Waals surface area contributed by atoms with Crippen LogP contribution >= 0.6 is 35.8 Å². The van der Waals surface area contributed by atoms with Crippen molar-refractivity contribution in [2.75, 3.05) is 11.9 Å². The van der Waals surface area contributed by atoms with Crippen LogP contribution in [-0.2, 0) is 11.8 Å². The Kier molecular flexibility index (Phi) is 7.97. The molecule has 1 aromatic carbocycles. The van der Waals surface area contributed by atoms with Crippen LogP contribution < -0.4 is 11.1 Å². The summed E-state index contributed by atoms with van der Waals surface area (Å²) in [7, 11) is 1.88. The van der Waals surface area contributed by atoms with Crippen LogP contribution in [0.3, 0.4) is 0 Å². The van der Waals surface area contributed by atoms with E-state index in [2.05, 4.69) is 15.5 Å². The molecule has 1 aliphatic carbocycles. The van der Waals surface area contributed by atoms with Gasteiger partial charge >= 0.3 is 0 Å². The molecule has 1 fully saturated rings. The van der Waals surface area contributed by atoms with Gasteiger partial charge in [-0.25, -0.2) is 0 Å². The van der Waals surface area contributed by atoms with Crippen LogP contribution in [-0.4, -0.2) is 27.2 Å². The maximum atomic E-state index is 12.5. The fourth-order valence-corrected chi connectivity index (χ4v) is 4.49. The third kappa shape index (κ3) is 5.60. The molecule has 27 heavy (non-hydrogen) atoms. The normalized spacial score (nSPS) is 15.8. The van der Waals surface area contributed by atoms with Gasteiger partial charge in [-0.05, 0) is 54.8 Å². The lowest BCUT2D eigenvalue weighted by atomic mass is 9.71. The van der Waals surface area contributed by atoms with Gasteiger partial charge in [0.2, 0.25) is 5.91 Å². The maximum Gasteiger partial charge on any atom is 0.224 e. The smallest absolute Gasteiger partial charge is 0.224 e. The molecule has 0 spiro atoms. The number of benzene rings is 1. The highest BCUT2D eigenvalue weighted by Gasteiger charge is 2.32. The number of nitrogens with zero attached hydrogens (tertiary/aromatic N) is 3. The zero-order valence-corrected chi connectivity index (χ0v) is 17.7. The van der Waals surface area contributed by atoms with Crippen LogP contribution in [0.15, 0.2) is 34.6 Å². The van der Waals surface area contributed by atoms with Gasteiger partial charge in [0.15, 0.2) is 5.16 Å². The Bertz CT molecular complexity index is 777. The average Bonchev–Trinajstić information content (AvgIpc) is 3.03. The molecule has 1 heterocycles. The monoisotopic (exact) mass is 429 g/mol. The second-order valence-electron chi connectivity index (χ2n) is 6.96. The Morgan fingerprint density at radius 1 is 1.37 bits per heavy atom. The van der Waals surface area contributed by atoms with Crippen molar-refractivity contribution in [2.45, 2.75) is 48.6 Å². The number of aromatic nitrogens is 3. The Morgan fingerprint density at radius 2 is 2.11 bits per heavy atom. The van der Waals surface area contributed by atoms with Crippen LogP contribution in [0.1, 0.15) is 38.5 Å². The lowest BCUT2D eigenvalue weighted by Crippen LogP contribution is -2.36. The number of carbonyl (C=O) groups is 1. The number of nitrogens with two attached hydrogens (primary N) is 1. The highest BCUT2D eigenvalue weighted by molar-refractivity contribution is 7.99. The summed E-state index contributed by atoms with van der Waals surface area (Å²) in [5.41, 5.74) is 6.63. The molecule has 0 bridgehead atoms. The Hall–Kier alpha value is -1.28. The fourth-order valence-electron chi connectivity index (χ4n) is 3.43. The van der Waals surface area contributed by atoms with E-state index in [0.717, 1.165) is 35.7 Å². The number of aryl methyl sites for hydroxylation is 1. The predicted molar refractivity (Wildman–Crippen MR) is 112 cm³/mol. The first kappa shape index (κ1) is 22.0. The third-order valence-electron chi connectivity index (χ3n) is 4.97. The molecule has 1 saturated carbocycles. The largest absolute Gasteiger partial charge is 0.330 e. The van der Waals surface area contributed by atoms with E-state index in [1.807, 2.05) is 23.7 Å². The molecular formula is C18H25Cl2N5OS. The first-order valence-electron chi connectivity index (χ1n) is 8.83. The summed E-state index contributed by atoms with van der Waals surface area (Å²) in [5.74, 6) is 0.00196. The van der Waals surface area contributed by atoms with Gasteiger partial charge in [0.25, 0.3) is 0 Å². The van der Waals surface area contributed by atoms with Crippen molar-refractivity contribution in [1.82, 2.24) is 14.8 Å². The van der Waals surface area contributed by atoms with Crippen molar-refractivity contribution >= 4 is 47.4 Å². The van der Waals surface area contributed by atoms with E-state index in [0.29, 0.717) is 23.7 Å². The van der Waals surface area contributed by atoms with E-state index < -0.39 is 0 Å². The number of halogens is 2. The lowest BCUT2D eigenvalue weighted by Gasteiger charge is -2.35. The summed E-state index contributed by atoms with van der Waals surface area (Å²) in [4.78, 5) is 13.4. The second kappa shape index (κ2) is 9.78. The number of hydrogen-bond acceptors (Lipinski definition) is 5. The quantitative estimate of drug-likeness (QED) is 0.715. The number of anilines is 1.